The maximum Gasteiger partial charge on any atom is 0.244 e. The highest BCUT2D eigenvalue weighted by atomic mass is 32.2. The van der Waals surface area contributed by atoms with Crippen molar-refractivity contribution in [1.82, 2.24) is 10.2 Å². The molecule has 0 aliphatic heterocycles. The molecule has 0 fully saturated rings. The summed E-state index contributed by atoms with van der Waals surface area (Å²) in [5.41, 5.74) is 2.27. The van der Waals surface area contributed by atoms with Crippen molar-refractivity contribution in [2.45, 2.75) is 65.6 Å². The molecule has 9 heteroatoms. The van der Waals surface area contributed by atoms with E-state index in [2.05, 4.69) is 19.2 Å². The summed E-state index contributed by atoms with van der Waals surface area (Å²) in [6.07, 6.45) is 1.45. The minimum absolute atomic E-state index is 0.100. The summed E-state index contributed by atoms with van der Waals surface area (Å²) >= 11 is 0. The number of hydrogen-bond donors (Lipinski definition) is 1. The molecule has 8 nitrogen and oxygen atoms in total. The van der Waals surface area contributed by atoms with Crippen molar-refractivity contribution in [3.8, 4) is 5.75 Å². The van der Waals surface area contributed by atoms with Gasteiger partial charge in [0, 0.05) is 12.6 Å². The standard InChI is InChI=1S/C27H39N3O5S/c1-8-25(27(32)28-20(4)5)29(17-21-9-15-24(35-6)16-10-21)26(31)18-30(36(7,33)34)23-13-11-22(12-14-23)19(2)3/h9-16,19-20,25H,8,17-18H2,1-7H3,(H,28,32)/t25-/m1/s1. The molecule has 2 rings (SSSR count). The number of methoxy groups -OCH3 is 1. The molecule has 2 amide bonds. The Morgan fingerprint density at radius 3 is 2.00 bits per heavy atom. The fourth-order valence-corrected chi connectivity index (χ4v) is 4.72. The molecule has 1 atom stereocenters. The van der Waals surface area contributed by atoms with Crippen LogP contribution in [0, 0.1) is 0 Å². The molecule has 36 heavy (non-hydrogen) atoms. The lowest BCUT2D eigenvalue weighted by Crippen LogP contribution is -2.53. The molecule has 0 aromatic heterocycles. The lowest BCUT2D eigenvalue weighted by atomic mass is 10.0. The van der Waals surface area contributed by atoms with Gasteiger partial charge in [0.2, 0.25) is 21.8 Å². The predicted molar refractivity (Wildman–Crippen MR) is 144 cm³/mol. The first kappa shape index (κ1) is 29.2. The number of sulfonamides is 1. The van der Waals surface area contributed by atoms with E-state index in [1.54, 1.807) is 31.4 Å². The van der Waals surface area contributed by atoms with Crippen LogP contribution in [0.4, 0.5) is 5.69 Å². The lowest BCUT2D eigenvalue weighted by Gasteiger charge is -2.33. The third kappa shape index (κ3) is 7.98. The number of hydrogen-bond acceptors (Lipinski definition) is 5. The van der Waals surface area contributed by atoms with Gasteiger partial charge >= 0.3 is 0 Å². The van der Waals surface area contributed by atoms with Crippen LogP contribution in [0.15, 0.2) is 48.5 Å². The molecule has 0 heterocycles. The summed E-state index contributed by atoms with van der Waals surface area (Å²) in [6, 6.07) is 13.5. The minimum atomic E-state index is -3.76. The van der Waals surface area contributed by atoms with E-state index in [1.807, 2.05) is 45.0 Å². The molecule has 0 saturated carbocycles. The van der Waals surface area contributed by atoms with Crippen LogP contribution >= 0.6 is 0 Å². The maximum atomic E-state index is 13.7. The quantitative estimate of drug-likeness (QED) is 0.460. The molecule has 0 bridgehead atoms. The van der Waals surface area contributed by atoms with E-state index >= 15 is 0 Å². The molecular weight excluding hydrogens is 478 g/mol. The molecule has 0 radical (unpaired) electrons. The lowest BCUT2D eigenvalue weighted by molar-refractivity contribution is -0.140. The van der Waals surface area contributed by atoms with Gasteiger partial charge in [-0.05, 0) is 61.6 Å². The number of nitrogens with one attached hydrogen (secondary N) is 1. The van der Waals surface area contributed by atoms with E-state index in [-0.39, 0.29) is 24.4 Å². The first-order valence-corrected chi connectivity index (χ1v) is 14.0. The number of amides is 2. The fourth-order valence-electron chi connectivity index (χ4n) is 3.87. The van der Waals surface area contributed by atoms with Crippen molar-refractivity contribution in [1.29, 1.82) is 0 Å². The van der Waals surface area contributed by atoms with Crippen molar-refractivity contribution in [3.63, 3.8) is 0 Å². The number of nitrogens with zero attached hydrogens (tertiary/aromatic N) is 2. The minimum Gasteiger partial charge on any atom is -0.497 e. The van der Waals surface area contributed by atoms with Gasteiger partial charge in [0.25, 0.3) is 0 Å². The van der Waals surface area contributed by atoms with Crippen LogP contribution < -0.4 is 14.4 Å². The summed E-state index contributed by atoms with van der Waals surface area (Å²) < 4.78 is 31.7. The summed E-state index contributed by atoms with van der Waals surface area (Å²) in [7, 11) is -2.19. The largest absolute Gasteiger partial charge is 0.497 e. The number of carbonyl (C=O) groups is 2. The molecule has 198 valence electrons. The molecule has 0 unspecified atom stereocenters. The van der Waals surface area contributed by atoms with Gasteiger partial charge in [-0.3, -0.25) is 13.9 Å². The van der Waals surface area contributed by atoms with Gasteiger partial charge in [-0.15, -0.1) is 0 Å². The van der Waals surface area contributed by atoms with Gasteiger partial charge in [-0.25, -0.2) is 8.42 Å². The molecule has 0 aliphatic carbocycles. The van der Waals surface area contributed by atoms with E-state index in [0.29, 0.717) is 17.9 Å². The van der Waals surface area contributed by atoms with E-state index < -0.39 is 28.5 Å². The summed E-state index contributed by atoms with van der Waals surface area (Å²) in [5.74, 6) is 0.225. The Hall–Kier alpha value is -3.07. The average molecular weight is 518 g/mol. The van der Waals surface area contributed by atoms with Crippen molar-refractivity contribution in [2.24, 2.45) is 0 Å². The highest BCUT2D eigenvalue weighted by molar-refractivity contribution is 7.92. The smallest absolute Gasteiger partial charge is 0.244 e. The molecular formula is C27H39N3O5S. The van der Waals surface area contributed by atoms with Gasteiger partial charge < -0.3 is 15.0 Å². The number of rotatable bonds is 12. The van der Waals surface area contributed by atoms with E-state index in [0.717, 1.165) is 21.7 Å². The topological polar surface area (TPSA) is 96.0 Å². The Balaban J connectivity index is 2.43. The summed E-state index contributed by atoms with van der Waals surface area (Å²) in [6.45, 7) is 9.38. The van der Waals surface area contributed by atoms with Gasteiger partial charge in [-0.2, -0.15) is 0 Å². The van der Waals surface area contributed by atoms with Gasteiger partial charge in [0.05, 0.1) is 19.1 Å². The van der Waals surface area contributed by atoms with Crippen LogP contribution in [0.1, 0.15) is 58.1 Å². The Bertz CT molecular complexity index is 1110. The van der Waals surface area contributed by atoms with Crippen molar-refractivity contribution >= 4 is 27.5 Å². The second-order valence-electron chi connectivity index (χ2n) is 9.47. The SMILES string of the molecule is CC[C@H](C(=O)NC(C)C)N(Cc1ccc(OC)cc1)C(=O)CN(c1ccc(C(C)C)cc1)S(C)(=O)=O. The fraction of sp³-hybridized carbons (Fsp3) is 0.481. The first-order chi connectivity index (χ1) is 16.9. The van der Waals surface area contributed by atoms with Gasteiger partial charge in [0.15, 0.2) is 0 Å². The number of ether oxygens (including phenoxy) is 1. The first-order valence-electron chi connectivity index (χ1n) is 12.2. The molecule has 0 spiro atoms. The zero-order valence-corrected chi connectivity index (χ0v) is 23.1. The Morgan fingerprint density at radius 2 is 1.56 bits per heavy atom. The highest BCUT2D eigenvalue weighted by Crippen LogP contribution is 2.23. The Morgan fingerprint density at radius 1 is 0.972 bits per heavy atom. The Kier molecular flexibility index (Phi) is 10.3. The van der Waals surface area contributed by atoms with Crippen molar-refractivity contribution in [2.75, 3.05) is 24.2 Å². The molecule has 0 aliphatic rings. The summed E-state index contributed by atoms with van der Waals surface area (Å²) in [4.78, 5) is 28.2. The zero-order chi connectivity index (χ0) is 27.0. The number of anilines is 1. The average Bonchev–Trinajstić information content (AvgIpc) is 2.81. The van der Waals surface area contributed by atoms with Crippen LogP contribution in [-0.2, 0) is 26.2 Å². The van der Waals surface area contributed by atoms with Crippen molar-refractivity contribution < 1.29 is 22.7 Å². The second-order valence-corrected chi connectivity index (χ2v) is 11.4. The van der Waals surface area contributed by atoms with E-state index in [1.165, 1.54) is 4.90 Å². The summed E-state index contributed by atoms with van der Waals surface area (Å²) in [5, 5.41) is 2.88. The highest BCUT2D eigenvalue weighted by Gasteiger charge is 2.32. The molecule has 2 aromatic carbocycles. The predicted octanol–water partition coefficient (Wildman–Crippen LogP) is 3.92. The molecule has 0 saturated heterocycles. The van der Waals surface area contributed by atoms with Crippen molar-refractivity contribution in [3.05, 3.63) is 59.7 Å². The maximum absolute atomic E-state index is 13.7. The van der Waals surface area contributed by atoms with E-state index in [9.17, 15) is 18.0 Å². The van der Waals surface area contributed by atoms with Crippen LogP contribution in [0.25, 0.3) is 0 Å². The van der Waals surface area contributed by atoms with Crippen LogP contribution in [0.3, 0.4) is 0 Å². The number of benzene rings is 2. The van der Waals surface area contributed by atoms with Crippen LogP contribution in [-0.4, -0.2) is 57.1 Å². The molecule has 2 aromatic rings. The number of carbonyl (C=O) groups excluding carboxylic acids is 2. The third-order valence-electron chi connectivity index (χ3n) is 5.86. The normalized spacial score (nSPS) is 12.4. The second kappa shape index (κ2) is 12.8. The zero-order valence-electron chi connectivity index (χ0n) is 22.3. The molecule has 1 N–H and O–H groups in total. The van der Waals surface area contributed by atoms with Crippen LogP contribution in [0.5, 0.6) is 5.75 Å². The Labute approximate surface area is 215 Å². The van der Waals surface area contributed by atoms with Crippen LogP contribution in [0.2, 0.25) is 0 Å². The van der Waals surface area contributed by atoms with Gasteiger partial charge in [-0.1, -0.05) is 45.0 Å². The van der Waals surface area contributed by atoms with E-state index in [4.69, 9.17) is 4.74 Å². The monoisotopic (exact) mass is 517 g/mol. The third-order valence-corrected chi connectivity index (χ3v) is 7.00. The van der Waals surface area contributed by atoms with Gasteiger partial charge in [0.1, 0.15) is 18.3 Å².